The predicted molar refractivity (Wildman–Crippen MR) is 44.5 cm³/mol. The van der Waals surface area contributed by atoms with Gasteiger partial charge in [0.2, 0.25) is 0 Å². The van der Waals surface area contributed by atoms with E-state index in [-0.39, 0.29) is 11.4 Å². The molecule has 0 radical (unpaired) electrons. The number of rotatable bonds is 2. The first-order chi connectivity index (χ1) is 5.70. The highest BCUT2D eigenvalue weighted by Crippen LogP contribution is 2.30. The second kappa shape index (κ2) is 2.56. The molecule has 0 aliphatic carbocycles. The van der Waals surface area contributed by atoms with Crippen LogP contribution < -0.4 is 0 Å². The van der Waals surface area contributed by atoms with Crippen LogP contribution in [0.5, 0.6) is 0 Å². The lowest BCUT2D eigenvalue weighted by molar-refractivity contribution is 0.320. The second-order valence-electron chi connectivity index (χ2n) is 3.51. The molecule has 1 saturated heterocycles. The van der Waals surface area contributed by atoms with Crippen molar-refractivity contribution in [2.45, 2.75) is 18.9 Å². The number of ether oxygens (including phenoxy) is 1. The first-order valence-corrected chi connectivity index (χ1v) is 4.07. The van der Waals surface area contributed by atoms with Crippen LogP contribution in [0.15, 0.2) is 24.3 Å². The van der Waals surface area contributed by atoms with Crippen LogP contribution >= 0.6 is 0 Å². The molecule has 0 saturated carbocycles. The molecular formula is C10H11FO. The van der Waals surface area contributed by atoms with Gasteiger partial charge in [0.25, 0.3) is 0 Å². The third-order valence-corrected chi connectivity index (χ3v) is 2.16. The van der Waals surface area contributed by atoms with E-state index in [4.69, 9.17) is 4.74 Å². The van der Waals surface area contributed by atoms with E-state index < -0.39 is 0 Å². The van der Waals surface area contributed by atoms with Crippen molar-refractivity contribution >= 4 is 0 Å². The summed E-state index contributed by atoms with van der Waals surface area (Å²) in [4.78, 5) is 0. The average Bonchev–Trinajstić information content (AvgIpc) is 2.74. The summed E-state index contributed by atoms with van der Waals surface area (Å²) in [5.41, 5.74) is 0.653. The van der Waals surface area contributed by atoms with Gasteiger partial charge in [0.15, 0.2) is 0 Å². The quantitative estimate of drug-likeness (QED) is 0.613. The zero-order valence-electron chi connectivity index (χ0n) is 7.01. The van der Waals surface area contributed by atoms with E-state index in [1.165, 1.54) is 6.07 Å². The molecule has 1 atom stereocenters. The summed E-state index contributed by atoms with van der Waals surface area (Å²) >= 11 is 0. The molecule has 1 heterocycles. The summed E-state index contributed by atoms with van der Waals surface area (Å²) in [6, 6.07) is 6.85. The Kier molecular flexibility index (Phi) is 1.65. The monoisotopic (exact) mass is 166 g/mol. The molecule has 0 bridgehead atoms. The maximum absolute atomic E-state index is 13.1. The zero-order chi connectivity index (χ0) is 8.60. The lowest BCUT2D eigenvalue weighted by Crippen LogP contribution is -2.09. The third kappa shape index (κ3) is 1.48. The molecule has 2 heteroatoms. The van der Waals surface area contributed by atoms with Gasteiger partial charge >= 0.3 is 0 Å². The summed E-state index contributed by atoms with van der Waals surface area (Å²) in [7, 11) is 0. The van der Waals surface area contributed by atoms with E-state index in [0.29, 0.717) is 6.42 Å². The van der Waals surface area contributed by atoms with E-state index in [1.807, 2.05) is 19.1 Å². The molecule has 1 unspecified atom stereocenters. The van der Waals surface area contributed by atoms with Crippen LogP contribution in [0.4, 0.5) is 4.39 Å². The lowest BCUT2D eigenvalue weighted by Gasteiger charge is -2.05. The van der Waals surface area contributed by atoms with E-state index >= 15 is 0 Å². The number of hydrogen-bond donors (Lipinski definition) is 0. The SMILES string of the molecule is CC1(Cc2ccccc2F)CO1. The normalized spacial score (nSPS) is 27.2. The first kappa shape index (κ1) is 7.74. The van der Waals surface area contributed by atoms with Crippen molar-refractivity contribution in [3.8, 4) is 0 Å². The molecule has 0 amide bonds. The molecule has 1 aliphatic rings. The second-order valence-corrected chi connectivity index (χ2v) is 3.51. The predicted octanol–water partition coefficient (Wildman–Crippen LogP) is 2.16. The fourth-order valence-electron chi connectivity index (χ4n) is 1.27. The van der Waals surface area contributed by atoms with Crippen LogP contribution in [0.1, 0.15) is 12.5 Å². The van der Waals surface area contributed by atoms with Gasteiger partial charge in [-0.05, 0) is 18.6 Å². The molecule has 1 fully saturated rings. The van der Waals surface area contributed by atoms with Gasteiger partial charge in [-0.25, -0.2) is 4.39 Å². The topological polar surface area (TPSA) is 12.5 Å². The average molecular weight is 166 g/mol. The summed E-state index contributed by atoms with van der Waals surface area (Å²) in [6.07, 6.45) is 0.680. The molecule has 12 heavy (non-hydrogen) atoms. The molecule has 0 aromatic heterocycles. The van der Waals surface area contributed by atoms with Gasteiger partial charge in [0.05, 0.1) is 12.2 Å². The third-order valence-electron chi connectivity index (χ3n) is 2.16. The van der Waals surface area contributed by atoms with Crippen molar-refractivity contribution < 1.29 is 9.13 Å². The minimum atomic E-state index is -0.130. The van der Waals surface area contributed by atoms with Gasteiger partial charge in [-0.2, -0.15) is 0 Å². The van der Waals surface area contributed by atoms with Gasteiger partial charge in [-0.15, -0.1) is 0 Å². The van der Waals surface area contributed by atoms with Crippen molar-refractivity contribution in [1.29, 1.82) is 0 Å². The molecule has 64 valence electrons. The van der Waals surface area contributed by atoms with Crippen LogP contribution in [0.2, 0.25) is 0 Å². The van der Waals surface area contributed by atoms with Crippen molar-refractivity contribution in [3.05, 3.63) is 35.6 Å². The van der Waals surface area contributed by atoms with Gasteiger partial charge in [-0.1, -0.05) is 18.2 Å². The standard InChI is InChI=1S/C10H11FO/c1-10(7-12-10)6-8-4-2-3-5-9(8)11/h2-5H,6-7H2,1H3. The maximum Gasteiger partial charge on any atom is 0.126 e. The minimum absolute atomic E-state index is 0.0950. The van der Waals surface area contributed by atoms with Crippen LogP contribution in [0, 0.1) is 5.82 Å². The highest BCUT2D eigenvalue weighted by Gasteiger charge is 2.39. The Balaban J connectivity index is 2.17. The summed E-state index contributed by atoms with van der Waals surface area (Å²) in [5, 5.41) is 0. The fraction of sp³-hybridized carbons (Fsp3) is 0.400. The largest absolute Gasteiger partial charge is 0.370 e. The Labute approximate surface area is 71.2 Å². The molecule has 1 aromatic rings. The summed E-state index contributed by atoms with van der Waals surface area (Å²) < 4.78 is 18.3. The van der Waals surface area contributed by atoms with Gasteiger partial charge in [0, 0.05) is 6.42 Å². The van der Waals surface area contributed by atoms with Crippen LogP contribution in [0.3, 0.4) is 0 Å². The maximum atomic E-state index is 13.1. The van der Waals surface area contributed by atoms with Crippen molar-refractivity contribution in [2.75, 3.05) is 6.61 Å². The Morgan fingerprint density at radius 3 is 2.75 bits per heavy atom. The molecule has 1 nitrogen and oxygen atoms in total. The van der Waals surface area contributed by atoms with Crippen molar-refractivity contribution in [3.63, 3.8) is 0 Å². The van der Waals surface area contributed by atoms with E-state index in [0.717, 1.165) is 12.2 Å². The molecular weight excluding hydrogens is 155 g/mol. The Morgan fingerprint density at radius 2 is 2.17 bits per heavy atom. The number of benzene rings is 1. The summed E-state index contributed by atoms with van der Waals surface area (Å²) in [6.45, 7) is 2.75. The molecule has 2 rings (SSSR count). The Bertz CT molecular complexity index is 292. The van der Waals surface area contributed by atoms with Crippen molar-refractivity contribution in [1.82, 2.24) is 0 Å². The molecule has 0 N–H and O–H groups in total. The highest BCUT2D eigenvalue weighted by atomic mass is 19.1. The minimum Gasteiger partial charge on any atom is -0.370 e. The molecule has 0 spiro atoms. The number of halogens is 1. The lowest BCUT2D eigenvalue weighted by atomic mass is 10.0. The van der Waals surface area contributed by atoms with E-state index in [2.05, 4.69) is 0 Å². The van der Waals surface area contributed by atoms with E-state index in [9.17, 15) is 4.39 Å². The van der Waals surface area contributed by atoms with Gasteiger partial charge < -0.3 is 4.74 Å². The zero-order valence-corrected chi connectivity index (χ0v) is 7.01. The van der Waals surface area contributed by atoms with Crippen LogP contribution in [0.25, 0.3) is 0 Å². The first-order valence-electron chi connectivity index (χ1n) is 4.07. The fourth-order valence-corrected chi connectivity index (χ4v) is 1.27. The molecule has 1 aromatic carbocycles. The molecule has 1 aliphatic heterocycles. The highest BCUT2D eigenvalue weighted by molar-refractivity contribution is 5.20. The Morgan fingerprint density at radius 1 is 1.50 bits per heavy atom. The van der Waals surface area contributed by atoms with Crippen molar-refractivity contribution in [2.24, 2.45) is 0 Å². The van der Waals surface area contributed by atoms with Gasteiger partial charge in [-0.3, -0.25) is 0 Å². The van der Waals surface area contributed by atoms with Gasteiger partial charge in [0.1, 0.15) is 5.82 Å². The van der Waals surface area contributed by atoms with E-state index in [1.54, 1.807) is 6.07 Å². The smallest absolute Gasteiger partial charge is 0.126 e. The number of epoxide rings is 1. The summed E-state index contributed by atoms with van der Waals surface area (Å²) in [5.74, 6) is -0.130. The number of hydrogen-bond acceptors (Lipinski definition) is 1. The van der Waals surface area contributed by atoms with Crippen LogP contribution in [-0.2, 0) is 11.2 Å². The van der Waals surface area contributed by atoms with Crippen LogP contribution in [-0.4, -0.2) is 12.2 Å². The Hall–Kier alpha value is -0.890.